The van der Waals surface area contributed by atoms with Gasteiger partial charge in [0.25, 0.3) is 0 Å². The Morgan fingerprint density at radius 2 is 1.60 bits per heavy atom. The van der Waals surface area contributed by atoms with Crippen LogP contribution >= 0.6 is 0 Å². The van der Waals surface area contributed by atoms with Crippen LogP contribution in [0.3, 0.4) is 0 Å². The number of carbonyl (C=O) groups excluding carboxylic acids is 1. The third-order valence-electron chi connectivity index (χ3n) is 5.31. The average Bonchev–Trinajstić information content (AvgIpc) is 2.62. The molecule has 3 rings (SSSR count). The minimum Gasteiger partial charge on any atom is -0.369 e. The number of benzene rings is 1. The van der Waals surface area contributed by atoms with Gasteiger partial charge in [-0.25, -0.2) is 8.42 Å². The van der Waals surface area contributed by atoms with Gasteiger partial charge in [-0.05, 0) is 36.5 Å². The zero-order valence-electron chi connectivity index (χ0n) is 14.6. The second-order valence-corrected chi connectivity index (χ2v) is 8.99. The molecule has 0 spiro atoms. The van der Waals surface area contributed by atoms with Crippen molar-refractivity contribution in [1.82, 2.24) is 9.21 Å². The third-order valence-corrected chi connectivity index (χ3v) is 7.22. The predicted molar refractivity (Wildman–Crippen MR) is 96.7 cm³/mol. The summed E-state index contributed by atoms with van der Waals surface area (Å²) in [5, 5.41) is 0. The van der Waals surface area contributed by atoms with E-state index in [2.05, 4.69) is 0 Å². The monoisotopic (exact) mass is 365 g/mol. The number of nitrogens with zero attached hydrogens (tertiary/aromatic N) is 2. The Morgan fingerprint density at radius 1 is 1.00 bits per heavy atom. The molecule has 2 N–H and O–H groups in total. The minimum atomic E-state index is -3.47. The SMILES string of the molecule is NC(=O)CN1CCN(S(=O)(=O)c2ccc(C3CCCCC3)cc2)CC1. The lowest BCUT2D eigenvalue weighted by molar-refractivity contribution is -0.119. The molecule has 1 aromatic carbocycles. The summed E-state index contributed by atoms with van der Waals surface area (Å²) >= 11 is 0. The van der Waals surface area contributed by atoms with E-state index in [0.29, 0.717) is 37.0 Å². The Kier molecular flexibility index (Phi) is 5.76. The molecule has 1 heterocycles. The first kappa shape index (κ1) is 18.4. The molecule has 2 aliphatic rings. The lowest BCUT2D eigenvalue weighted by atomic mass is 9.84. The standard InChI is InChI=1S/C18H27N3O3S/c19-18(22)14-20-10-12-21(13-11-20)25(23,24)17-8-6-16(7-9-17)15-4-2-1-3-5-15/h6-9,15H,1-5,10-14H2,(H2,19,22). The van der Waals surface area contributed by atoms with Gasteiger partial charge in [0, 0.05) is 26.2 Å². The highest BCUT2D eigenvalue weighted by Gasteiger charge is 2.29. The summed E-state index contributed by atoms with van der Waals surface area (Å²) < 4.78 is 27.1. The topological polar surface area (TPSA) is 83.7 Å². The Hall–Kier alpha value is -1.44. The molecular weight excluding hydrogens is 338 g/mol. The fraction of sp³-hybridized carbons (Fsp3) is 0.611. The molecule has 1 aromatic rings. The van der Waals surface area contributed by atoms with Crippen LogP contribution in [0, 0.1) is 0 Å². The molecule has 1 saturated heterocycles. The molecule has 0 bridgehead atoms. The fourth-order valence-corrected chi connectivity index (χ4v) is 5.27. The van der Waals surface area contributed by atoms with Gasteiger partial charge in [0.05, 0.1) is 11.4 Å². The summed E-state index contributed by atoms with van der Waals surface area (Å²) in [4.78, 5) is 13.2. The van der Waals surface area contributed by atoms with Crippen molar-refractivity contribution in [2.75, 3.05) is 32.7 Å². The molecular formula is C18H27N3O3S. The van der Waals surface area contributed by atoms with Gasteiger partial charge in [-0.1, -0.05) is 31.4 Å². The summed E-state index contributed by atoms with van der Waals surface area (Å²) in [5.41, 5.74) is 6.45. The maximum atomic E-state index is 12.8. The zero-order chi connectivity index (χ0) is 17.9. The highest BCUT2D eigenvalue weighted by Crippen LogP contribution is 2.33. The van der Waals surface area contributed by atoms with Crippen molar-refractivity contribution in [3.8, 4) is 0 Å². The first-order chi connectivity index (χ1) is 12.0. The van der Waals surface area contributed by atoms with E-state index in [1.165, 1.54) is 42.0 Å². The third kappa shape index (κ3) is 4.40. The van der Waals surface area contributed by atoms with Gasteiger partial charge in [-0.2, -0.15) is 4.31 Å². The van der Waals surface area contributed by atoms with Crippen molar-refractivity contribution in [2.45, 2.75) is 42.9 Å². The number of nitrogens with two attached hydrogens (primary N) is 1. The molecule has 0 atom stereocenters. The quantitative estimate of drug-likeness (QED) is 0.858. The zero-order valence-corrected chi connectivity index (χ0v) is 15.4. The van der Waals surface area contributed by atoms with Crippen LogP contribution in [0.25, 0.3) is 0 Å². The molecule has 0 aromatic heterocycles. The second kappa shape index (κ2) is 7.85. The summed E-state index contributed by atoms with van der Waals surface area (Å²) in [6, 6.07) is 7.45. The second-order valence-electron chi connectivity index (χ2n) is 7.05. The van der Waals surface area contributed by atoms with Crippen LogP contribution in [-0.2, 0) is 14.8 Å². The van der Waals surface area contributed by atoms with Crippen LogP contribution in [0.5, 0.6) is 0 Å². The Labute approximate surface area is 150 Å². The first-order valence-corrected chi connectivity index (χ1v) is 10.5. The number of rotatable bonds is 5. The van der Waals surface area contributed by atoms with Crippen LogP contribution in [0.15, 0.2) is 29.2 Å². The van der Waals surface area contributed by atoms with E-state index in [1.54, 1.807) is 12.1 Å². The van der Waals surface area contributed by atoms with Gasteiger partial charge < -0.3 is 5.73 Å². The van der Waals surface area contributed by atoms with Gasteiger partial charge in [0.1, 0.15) is 0 Å². The lowest BCUT2D eigenvalue weighted by Crippen LogP contribution is -2.50. The lowest BCUT2D eigenvalue weighted by Gasteiger charge is -2.33. The number of amides is 1. The van der Waals surface area contributed by atoms with E-state index in [1.807, 2.05) is 17.0 Å². The van der Waals surface area contributed by atoms with E-state index in [4.69, 9.17) is 5.73 Å². The molecule has 0 unspecified atom stereocenters. The molecule has 6 nitrogen and oxygen atoms in total. The van der Waals surface area contributed by atoms with Gasteiger partial charge in [-0.15, -0.1) is 0 Å². The molecule has 0 radical (unpaired) electrons. The van der Waals surface area contributed by atoms with Gasteiger partial charge >= 0.3 is 0 Å². The largest absolute Gasteiger partial charge is 0.369 e. The van der Waals surface area contributed by atoms with E-state index in [9.17, 15) is 13.2 Å². The molecule has 1 aliphatic carbocycles. The summed E-state index contributed by atoms with van der Waals surface area (Å²) in [6.45, 7) is 2.02. The van der Waals surface area contributed by atoms with Crippen LogP contribution in [0.1, 0.15) is 43.6 Å². The maximum absolute atomic E-state index is 12.8. The van der Waals surface area contributed by atoms with E-state index in [0.717, 1.165) is 0 Å². The van der Waals surface area contributed by atoms with Crippen molar-refractivity contribution in [1.29, 1.82) is 0 Å². The van der Waals surface area contributed by atoms with Crippen molar-refractivity contribution in [2.24, 2.45) is 5.73 Å². The molecule has 25 heavy (non-hydrogen) atoms. The molecule has 138 valence electrons. The molecule has 7 heteroatoms. The van der Waals surface area contributed by atoms with Crippen LogP contribution in [0.4, 0.5) is 0 Å². The molecule has 1 amide bonds. The number of carbonyl (C=O) groups is 1. The number of sulfonamides is 1. The van der Waals surface area contributed by atoms with Crippen LogP contribution in [0.2, 0.25) is 0 Å². The highest BCUT2D eigenvalue weighted by molar-refractivity contribution is 7.89. The van der Waals surface area contributed by atoms with Crippen molar-refractivity contribution >= 4 is 15.9 Å². The molecule has 1 saturated carbocycles. The number of primary amides is 1. The van der Waals surface area contributed by atoms with Crippen molar-refractivity contribution < 1.29 is 13.2 Å². The summed E-state index contributed by atoms with van der Waals surface area (Å²) in [7, 11) is -3.47. The number of hydrogen-bond acceptors (Lipinski definition) is 4. The Bertz CT molecular complexity index is 689. The van der Waals surface area contributed by atoms with E-state index < -0.39 is 10.0 Å². The fourth-order valence-electron chi connectivity index (χ4n) is 3.85. The minimum absolute atomic E-state index is 0.184. The highest BCUT2D eigenvalue weighted by atomic mass is 32.2. The van der Waals surface area contributed by atoms with Crippen molar-refractivity contribution in [3.63, 3.8) is 0 Å². The number of piperazine rings is 1. The van der Waals surface area contributed by atoms with Gasteiger partial charge in [0.15, 0.2) is 0 Å². The molecule has 2 fully saturated rings. The first-order valence-electron chi connectivity index (χ1n) is 9.07. The Morgan fingerprint density at radius 3 is 2.16 bits per heavy atom. The molecule has 1 aliphatic heterocycles. The van der Waals surface area contributed by atoms with Gasteiger partial charge in [0.2, 0.25) is 15.9 Å². The van der Waals surface area contributed by atoms with E-state index >= 15 is 0 Å². The van der Waals surface area contributed by atoms with Crippen molar-refractivity contribution in [3.05, 3.63) is 29.8 Å². The smallest absolute Gasteiger partial charge is 0.243 e. The van der Waals surface area contributed by atoms with Gasteiger partial charge in [-0.3, -0.25) is 9.69 Å². The summed E-state index contributed by atoms with van der Waals surface area (Å²) in [5.74, 6) is 0.192. The Balaban J connectivity index is 1.65. The maximum Gasteiger partial charge on any atom is 0.243 e. The van der Waals surface area contributed by atoms with E-state index in [-0.39, 0.29) is 12.5 Å². The van der Waals surface area contributed by atoms with Crippen LogP contribution < -0.4 is 5.73 Å². The number of hydrogen-bond donors (Lipinski definition) is 1. The predicted octanol–water partition coefficient (Wildman–Crippen LogP) is 1.53. The normalized spacial score (nSPS) is 21.3. The van der Waals surface area contributed by atoms with Crippen LogP contribution in [-0.4, -0.2) is 56.3 Å². The summed E-state index contributed by atoms with van der Waals surface area (Å²) in [6.07, 6.45) is 6.24. The average molecular weight is 365 g/mol.